The van der Waals surface area contributed by atoms with Crippen molar-refractivity contribution >= 4 is 5.91 Å². The predicted molar refractivity (Wildman–Crippen MR) is 86.2 cm³/mol. The molecule has 1 fully saturated rings. The fraction of sp³-hybridized carbons (Fsp3) is 0.588. The number of nitrogens with one attached hydrogen (secondary N) is 2. The van der Waals surface area contributed by atoms with E-state index in [1.54, 1.807) is 7.05 Å². The van der Waals surface area contributed by atoms with Crippen LogP contribution >= 0.6 is 0 Å². The zero-order chi connectivity index (χ0) is 15.4. The van der Waals surface area contributed by atoms with E-state index in [2.05, 4.69) is 21.6 Å². The van der Waals surface area contributed by atoms with Crippen molar-refractivity contribution in [3.8, 4) is 0 Å². The highest BCUT2D eigenvalue weighted by Crippen LogP contribution is 2.30. The average molecular weight is 303 g/mol. The molecule has 0 bridgehead atoms. The van der Waals surface area contributed by atoms with Crippen LogP contribution in [0.3, 0.4) is 0 Å². The van der Waals surface area contributed by atoms with Gasteiger partial charge in [-0.1, -0.05) is 6.07 Å². The lowest BCUT2D eigenvalue weighted by molar-refractivity contribution is 0.0284. The predicted octanol–water partition coefficient (Wildman–Crippen LogP) is 0.955. The van der Waals surface area contributed by atoms with E-state index in [0.29, 0.717) is 0 Å². The number of rotatable bonds is 4. The Balaban J connectivity index is 1.67. The number of carbonyl (C=O) groups excluding carboxylic acids is 1. The summed E-state index contributed by atoms with van der Waals surface area (Å²) in [5.41, 5.74) is 3.26. The second-order valence-corrected chi connectivity index (χ2v) is 5.98. The third-order valence-electron chi connectivity index (χ3n) is 4.59. The maximum absolute atomic E-state index is 11.8. The summed E-state index contributed by atoms with van der Waals surface area (Å²) in [6.45, 7) is 6.22. The summed E-state index contributed by atoms with van der Waals surface area (Å²) in [6, 6.07) is 6.00. The lowest BCUT2D eigenvalue weighted by Gasteiger charge is -2.31. The van der Waals surface area contributed by atoms with Crippen LogP contribution in [-0.4, -0.2) is 57.2 Å². The van der Waals surface area contributed by atoms with Crippen molar-refractivity contribution in [2.75, 3.05) is 46.4 Å². The highest BCUT2D eigenvalue weighted by molar-refractivity contribution is 5.94. The molecule has 120 valence electrons. The molecule has 2 aliphatic rings. The van der Waals surface area contributed by atoms with E-state index < -0.39 is 0 Å². The van der Waals surface area contributed by atoms with Gasteiger partial charge in [-0.15, -0.1) is 0 Å². The zero-order valence-corrected chi connectivity index (χ0v) is 13.2. The van der Waals surface area contributed by atoms with Gasteiger partial charge >= 0.3 is 0 Å². The van der Waals surface area contributed by atoms with E-state index in [4.69, 9.17) is 4.74 Å². The van der Waals surface area contributed by atoms with Gasteiger partial charge in [-0.05, 0) is 36.1 Å². The van der Waals surface area contributed by atoms with Crippen LogP contribution in [0, 0.1) is 0 Å². The summed E-state index contributed by atoms with van der Waals surface area (Å²) in [6.07, 6.45) is 2.08. The van der Waals surface area contributed by atoms with Crippen molar-refractivity contribution < 1.29 is 9.53 Å². The third kappa shape index (κ3) is 3.48. The van der Waals surface area contributed by atoms with E-state index in [1.807, 2.05) is 12.1 Å². The molecule has 0 saturated carbocycles. The molecule has 5 heteroatoms. The van der Waals surface area contributed by atoms with Crippen LogP contribution in [0.2, 0.25) is 0 Å². The van der Waals surface area contributed by atoms with Crippen LogP contribution in [-0.2, 0) is 11.2 Å². The Morgan fingerprint density at radius 1 is 1.41 bits per heavy atom. The van der Waals surface area contributed by atoms with Crippen molar-refractivity contribution in [3.05, 3.63) is 34.9 Å². The monoisotopic (exact) mass is 303 g/mol. The van der Waals surface area contributed by atoms with Gasteiger partial charge in [-0.2, -0.15) is 0 Å². The summed E-state index contributed by atoms with van der Waals surface area (Å²) in [5.74, 6) is -0.0216. The summed E-state index contributed by atoms with van der Waals surface area (Å²) in [4.78, 5) is 14.3. The summed E-state index contributed by atoms with van der Waals surface area (Å²) in [5, 5.41) is 6.06. The Morgan fingerprint density at radius 2 is 2.23 bits per heavy atom. The minimum atomic E-state index is -0.0216. The molecule has 3 rings (SSSR count). The van der Waals surface area contributed by atoms with Crippen molar-refractivity contribution in [2.24, 2.45) is 0 Å². The van der Waals surface area contributed by atoms with E-state index in [1.165, 1.54) is 11.1 Å². The number of piperazine rings is 1. The van der Waals surface area contributed by atoms with Crippen LogP contribution in [0.1, 0.15) is 34.0 Å². The molecule has 2 N–H and O–H groups in total. The number of amides is 1. The molecule has 0 aliphatic carbocycles. The van der Waals surface area contributed by atoms with Gasteiger partial charge in [0.25, 0.3) is 5.91 Å². The number of ether oxygens (including phenoxy) is 1. The second kappa shape index (κ2) is 7.22. The van der Waals surface area contributed by atoms with Crippen molar-refractivity contribution in [1.29, 1.82) is 0 Å². The van der Waals surface area contributed by atoms with Crippen molar-refractivity contribution in [3.63, 3.8) is 0 Å². The van der Waals surface area contributed by atoms with Crippen LogP contribution in [0.5, 0.6) is 0 Å². The molecule has 1 atom stereocenters. The Hall–Kier alpha value is -1.43. The smallest absolute Gasteiger partial charge is 0.251 e. The van der Waals surface area contributed by atoms with E-state index in [0.717, 1.165) is 57.7 Å². The Kier molecular flexibility index (Phi) is 5.08. The van der Waals surface area contributed by atoms with Gasteiger partial charge in [0.15, 0.2) is 0 Å². The minimum absolute atomic E-state index is 0.0216. The van der Waals surface area contributed by atoms with Gasteiger partial charge < -0.3 is 20.3 Å². The van der Waals surface area contributed by atoms with Gasteiger partial charge in [-0.3, -0.25) is 4.79 Å². The van der Waals surface area contributed by atoms with E-state index >= 15 is 0 Å². The SMILES string of the molecule is CNC(=O)c1ccc2c(c1)CCOC2CCN1CCNCC1. The highest BCUT2D eigenvalue weighted by atomic mass is 16.5. The van der Waals surface area contributed by atoms with Crippen LogP contribution in [0.25, 0.3) is 0 Å². The van der Waals surface area contributed by atoms with Gasteiger partial charge in [-0.25, -0.2) is 0 Å². The fourth-order valence-corrected chi connectivity index (χ4v) is 3.30. The van der Waals surface area contributed by atoms with Gasteiger partial charge in [0, 0.05) is 45.3 Å². The molecule has 2 aliphatic heterocycles. The molecule has 0 radical (unpaired) electrons. The number of hydrogen-bond acceptors (Lipinski definition) is 4. The first-order valence-corrected chi connectivity index (χ1v) is 8.17. The minimum Gasteiger partial charge on any atom is -0.373 e. The normalized spacial score (nSPS) is 22.1. The standard InChI is InChI=1S/C17H25N3O2/c1-18-17(21)14-2-3-15-13(12-14)5-11-22-16(15)4-8-20-9-6-19-7-10-20/h2-3,12,16,19H,4-11H2,1H3,(H,18,21). The molecule has 22 heavy (non-hydrogen) atoms. The number of carbonyl (C=O) groups is 1. The molecule has 1 amide bonds. The Bertz CT molecular complexity index is 527. The number of nitrogens with zero attached hydrogens (tertiary/aromatic N) is 1. The van der Waals surface area contributed by atoms with Crippen molar-refractivity contribution in [1.82, 2.24) is 15.5 Å². The van der Waals surface area contributed by atoms with Crippen molar-refractivity contribution in [2.45, 2.75) is 18.9 Å². The second-order valence-electron chi connectivity index (χ2n) is 5.98. The Labute approximate surface area is 132 Å². The summed E-state index contributed by atoms with van der Waals surface area (Å²) < 4.78 is 5.98. The van der Waals surface area contributed by atoms with Crippen LogP contribution in [0.4, 0.5) is 0 Å². The quantitative estimate of drug-likeness (QED) is 0.870. The topological polar surface area (TPSA) is 53.6 Å². The van der Waals surface area contributed by atoms with E-state index in [-0.39, 0.29) is 12.0 Å². The molecule has 1 aromatic carbocycles. The molecule has 1 saturated heterocycles. The largest absolute Gasteiger partial charge is 0.373 e. The lowest BCUT2D eigenvalue weighted by atomic mass is 9.93. The van der Waals surface area contributed by atoms with Gasteiger partial charge in [0.05, 0.1) is 12.7 Å². The number of benzene rings is 1. The fourth-order valence-electron chi connectivity index (χ4n) is 3.30. The lowest BCUT2D eigenvalue weighted by Crippen LogP contribution is -2.44. The first-order valence-electron chi connectivity index (χ1n) is 8.17. The molecule has 5 nitrogen and oxygen atoms in total. The molecular weight excluding hydrogens is 278 g/mol. The van der Waals surface area contributed by atoms with Gasteiger partial charge in [0.1, 0.15) is 0 Å². The Morgan fingerprint density at radius 3 is 3.00 bits per heavy atom. The summed E-state index contributed by atoms with van der Waals surface area (Å²) in [7, 11) is 1.67. The average Bonchev–Trinajstić information content (AvgIpc) is 2.59. The zero-order valence-electron chi connectivity index (χ0n) is 13.2. The molecule has 1 unspecified atom stereocenters. The third-order valence-corrected chi connectivity index (χ3v) is 4.59. The first-order chi connectivity index (χ1) is 10.8. The molecular formula is C17H25N3O2. The van der Waals surface area contributed by atoms with Gasteiger partial charge in [0.2, 0.25) is 0 Å². The molecule has 0 spiro atoms. The molecule has 2 heterocycles. The summed E-state index contributed by atoms with van der Waals surface area (Å²) >= 11 is 0. The maximum atomic E-state index is 11.8. The van der Waals surface area contributed by atoms with Crippen LogP contribution in [0.15, 0.2) is 18.2 Å². The number of fused-ring (bicyclic) bond motifs is 1. The van der Waals surface area contributed by atoms with E-state index in [9.17, 15) is 4.79 Å². The molecule has 0 aromatic heterocycles. The maximum Gasteiger partial charge on any atom is 0.251 e. The number of hydrogen-bond donors (Lipinski definition) is 2. The van der Waals surface area contributed by atoms with Crippen LogP contribution < -0.4 is 10.6 Å². The highest BCUT2D eigenvalue weighted by Gasteiger charge is 2.23. The first kappa shape index (κ1) is 15.5. The molecule has 1 aromatic rings.